The summed E-state index contributed by atoms with van der Waals surface area (Å²) in [6, 6.07) is 13.2. The number of hydrogen-bond donors (Lipinski definition) is 0. The van der Waals surface area contributed by atoms with E-state index in [0.29, 0.717) is 37.6 Å². The van der Waals surface area contributed by atoms with E-state index in [1.165, 1.54) is 28.1 Å². The van der Waals surface area contributed by atoms with Gasteiger partial charge in [0.15, 0.2) is 10.6 Å². The molecule has 4 rings (SSSR count). The zero-order chi connectivity index (χ0) is 22.2. The molecule has 2 aromatic carbocycles. The molecular weight excluding hydrogens is 437 g/mol. The lowest BCUT2D eigenvalue weighted by atomic mass is 10.1. The van der Waals surface area contributed by atoms with Gasteiger partial charge >= 0.3 is 0 Å². The van der Waals surface area contributed by atoms with Gasteiger partial charge in [-0.3, -0.25) is 4.90 Å². The lowest BCUT2D eigenvalue weighted by molar-refractivity contribution is 0.144. The predicted octanol–water partition coefficient (Wildman–Crippen LogP) is 3.03. The van der Waals surface area contributed by atoms with Crippen LogP contribution in [-0.4, -0.2) is 58.1 Å². The highest BCUT2D eigenvalue weighted by molar-refractivity contribution is 7.89. The van der Waals surface area contributed by atoms with E-state index in [1.807, 2.05) is 42.8 Å². The van der Waals surface area contributed by atoms with E-state index < -0.39 is 15.8 Å². The van der Waals surface area contributed by atoms with Crippen LogP contribution in [0, 0.1) is 17.5 Å². The van der Waals surface area contributed by atoms with Crippen LogP contribution in [0.1, 0.15) is 5.56 Å². The average molecular weight is 462 g/mol. The van der Waals surface area contributed by atoms with Crippen LogP contribution in [-0.2, 0) is 23.7 Å². The van der Waals surface area contributed by atoms with E-state index in [0.717, 1.165) is 17.5 Å². The molecule has 1 fully saturated rings. The van der Waals surface area contributed by atoms with Gasteiger partial charge in [0.2, 0.25) is 10.0 Å². The molecule has 1 aliphatic rings. The Labute approximate surface area is 186 Å². The Hall–Kier alpha value is -2.40. The van der Waals surface area contributed by atoms with Gasteiger partial charge in [-0.1, -0.05) is 35.9 Å². The van der Waals surface area contributed by atoms with Crippen molar-refractivity contribution in [2.45, 2.75) is 18.5 Å². The Morgan fingerprint density at radius 1 is 1.06 bits per heavy atom. The molecule has 7 nitrogen and oxygen atoms in total. The summed E-state index contributed by atoms with van der Waals surface area (Å²) >= 11 is 5.56. The number of sulfonamides is 1. The highest BCUT2D eigenvalue weighted by Gasteiger charge is 2.29. The van der Waals surface area contributed by atoms with Crippen molar-refractivity contribution in [3.8, 4) is 11.4 Å². The molecule has 1 saturated heterocycles. The first-order chi connectivity index (χ1) is 14.8. The van der Waals surface area contributed by atoms with Crippen LogP contribution in [0.3, 0.4) is 0 Å². The molecule has 0 radical (unpaired) electrons. The third kappa shape index (κ3) is 4.47. The minimum absolute atomic E-state index is 0.0179. The molecule has 31 heavy (non-hydrogen) atoms. The first kappa shape index (κ1) is 21.8. The molecule has 0 unspecified atom stereocenters. The number of aryl methyl sites for hydroxylation is 1. The maximum Gasteiger partial charge on any atom is 0.243 e. The minimum atomic E-state index is -3.71. The summed E-state index contributed by atoms with van der Waals surface area (Å²) in [7, 11) is -1.82. The molecule has 1 aromatic heterocycles. The standard InChI is InChI=1S/C21H24FN5O2S2/c1-16-6-8-17(9-7-16)20-23-27(21(30)24(20)2)15-25-10-12-26(13-11-25)31(28,29)19-5-3-4-18(22)14-19/h3-9,14H,10-13,15H2,1-2H3. The molecule has 0 saturated carbocycles. The third-order valence-corrected chi connectivity index (χ3v) is 7.83. The summed E-state index contributed by atoms with van der Waals surface area (Å²) in [4.78, 5) is 2.09. The quantitative estimate of drug-likeness (QED) is 0.547. The van der Waals surface area contributed by atoms with E-state index in [9.17, 15) is 12.8 Å². The normalized spacial score (nSPS) is 16.0. The van der Waals surface area contributed by atoms with Crippen molar-refractivity contribution in [2.75, 3.05) is 26.2 Å². The van der Waals surface area contributed by atoms with Gasteiger partial charge in [-0.2, -0.15) is 9.40 Å². The highest BCUT2D eigenvalue weighted by Crippen LogP contribution is 2.20. The van der Waals surface area contributed by atoms with Crippen LogP contribution in [0.2, 0.25) is 0 Å². The molecule has 0 spiro atoms. The summed E-state index contributed by atoms with van der Waals surface area (Å²) < 4.78 is 44.7. The lowest BCUT2D eigenvalue weighted by Crippen LogP contribution is -2.48. The fourth-order valence-corrected chi connectivity index (χ4v) is 5.25. The van der Waals surface area contributed by atoms with Gasteiger partial charge in [-0.25, -0.2) is 17.5 Å². The van der Waals surface area contributed by atoms with Crippen molar-refractivity contribution < 1.29 is 12.8 Å². The Morgan fingerprint density at radius 2 is 1.74 bits per heavy atom. The van der Waals surface area contributed by atoms with Gasteiger partial charge < -0.3 is 4.57 Å². The summed E-state index contributed by atoms with van der Waals surface area (Å²) in [6.07, 6.45) is 0. The van der Waals surface area contributed by atoms with Crippen molar-refractivity contribution >= 4 is 22.2 Å². The summed E-state index contributed by atoms with van der Waals surface area (Å²) in [5, 5.41) is 4.69. The van der Waals surface area contributed by atoms with Crippen molar-refractivity contribution in [2.24, 2.45) is 7.05 Å². The number of halogens is 1. The summed E-state index contributed by atoms with van der Waals surface area (Å²) in [6.45, 7) is 4.23. The molecule has 3 aromatic rings. The largest absolute Gasteiger partial charge is 0.303 e. The first-order valence-corrected chi connectivity index (χ1v) is 11.8. The zero-order valence-corrected chi connectivity index (χ0v) is 19.0. The van der Waals surface area contributed by atoms with Crippen LogP contribution >= 0.6 is 12.2 Å². The molecule has 0 bridgehead atoms. The molecule has 10 heteroatoms. The van der Waals surface area contributed by atoms with Gasteiger partial charge in [0, 0.05) is 38.8 Å². The van der Waals surface area contributed by atoms with E-state index in [-0.39, 0.29) is 4.90 Å². The number of hydrogen-bond acceptors (Lipinski definition) is 5. The topological polar surface area (TPSA) is 63.4 Å². The smallest absolute Gasteiger partial charge is 0.243 e. The van der Waals surface area contributed by atoms with E-state index in [1.54, 1.807) is 4.68 Å². The molecular formula is C21H24FN5O2S2. The lowest BCUT2D eigenvalue weighted by Gasteiger charge is -2.33. The first-order valence-electron chi connectivity index (χ1n) is 9.94. The number of nitrogens with zero attached hydrogens (tertiary/aromatic N) is 5. The summed E-state index contributed by atoms with van der Waals surface area (Å²) in [5.41, 5.74) is 2.17. The van der Waals surface area contributed by atoms with Crippen molar-refractivity contribution in [3.63, 3.8) is 0 Å². The number of piperazine rings is 1. The SMILES string of the molecule is Cc1ccc(-c2nn(CN3CCN(S(=O)(=O)c4cccc(F)c4)CC3)c(=S)n2C)cc1. The summed E-state index contributed by atoms with van der Waals surface area (Å²) in [5.74, 6) is 0.228. The molecule has 0 N–H and O–H groups in total. The molecule has 1 aliphatic heterocycles. The van der Waals surface area contributed by atoms with E-state index in [4.69, 9.17) is 12.2 Å². The Bertz CT molecular complexity index is 1240. The van der Waals surface area contributed by atoms with Gasteiger partial charge in [0.05, 0.1) is 11.6 Å². The van der Waals surface area contributed by atoms with Crippen LogP contribution in [0.25, 0.3) is 11.4 Å². The van der Waals surface area contributed by atoms with Crippen LogP contribution in [0.5, 0.6) is 0 Å². The second-order valence-corrected chi connectivity index (χ2v) is 9.95. The van der Waals surface area contributed by atoms with Crippen molar-refractivity contribution in [3.05, 3.63) is 64.7 Å². The number of aromatic nitrogens is 3. The highest BCUT2D eigenvalue weighted by atomic mass is 32.2. The minimum Gasteiger partial charge on any atom is -0.303 e. The third-order valence-electron chi connectivity index (χ3n) is 5.45. The zero-order valence-electron chi connectivity index (χ0n) is 17.4. The van der Waals surface area contributed by atoms with Gasteiger partial charge in [0.1, 0.15) is 5.82 Å². The monoisotopic (exact) mass is 461 g/mol. The molecule has 164 valence electrons. The Kier molecular flexibility index (Phi) is 6.07. The van der Waals surface area contributed by atoms with Crippen molar-refractivity contribution in [1.82, 2.24) is 23.6 Å². The average Bonchev–Trinajstić information content (AvgIpc) is 3.03. The van der Waals surface area contributed by atoms with Crippen LogP contribution in [0.15, 0.2) is 53.4 Å². The Morgan fingerprint density at radius 3 is 2.39 bits per heavy atom. The molecule has 0 aliphatic carbocycles. The van der Waals surface area contributed by atoms with Gasteiger partial charge in [0.25, 0.3) is 0 Å². The maximum atomic E-state index is 13.5. The molecule has 0 atom stereocenters. The van der Waals surface area contributed by atoms with E-state index >= 15 is 0 Å². The van der Waals surface area contributed by atoms with Gasteiger partial charge in [-0.05, 0) is 37.3 Å². The molecule has 2 heterocycles. The number of benzene rings is 2. The fourth-order valence-electron chi connectivity index (χ4n) is 3.61. The number of rotatable bonds is 5. The van der Waals surface area contributed by atoms with Crippen LogP contribution in [0.4, 0.5) is 4.39 Å². The maximum absolute atomic E-state index is 13.5. The molecule has 0 amide bonds. The van der Waals surface area contributed by atoms with Crippen molar-refractivity contribution in [1.29, 1.82) is 0 Å². The Balaban J connectivity index is 1.45. The fraction of sp³-hybridized carbons (Fsp3) is 0.333. The predicted molar refractivity (Wildman–Crippen MR) is 119 cm³/mol. The van der Waals surface area contributed by atoms with E-state index in [2.05, 4.69) is 10.00 Å². The second kappa shape index (κ2) is 8.62. The second-order valence-electron chi connectivity index (χ2n) is 7.65. The van der Waals surface area contributed by atoms with Crippen LogP contribution < -0.4 is 0 Å². The van der Waals surface area contributed by atoms with Gasteiger partial charge in [-0.15, -0.1) is 0 Å².